The average molecular weight is 420 g/mol. The Kier molecular flexibility index (Phi) is 7.95. The summed E-state index contributed by atoms with van der Waals surface area (Å²) in [5, 5.41) is 0. The molecule has 0 amide bonds. The topological polar surface area (TPSA) is 29.5 Å². The minimum atomic E-state index is -0.242. The third-order valence-corrected chi connectivity index (χ3v) is 6.32. The van der Waals surface area contributed by atoms with Crippen LogP contribution in [-0.4, -0.2) is 26.2 Å². The number of ether oxygens (including phenoxy) is 1. The number of carbonyl (C=O) groups excluding carboxylic acids is 1. The van der Waals surface area contributed by atoms with Gasteiger partial charge in [0.05, 0.1) is 18.4 Å². The number of hydrogen-bond acceptors (Lipinski definition) is 3. The number of aryl methyl sites for hydroxylation is 1. The minimum absolute atomic E-state index is 0.242. The first kappa shape index (κ1) is 23.1. The molecule has 0 radical (unpaired) electrons. The molecule has 0 spiro atoms. The van der Waals surface area contributed by atoms with Crippen LogP contribution in [0.25, 0.3) is 11.1 Å². The summed E-state index contributed by atoms with van der Waals surface area (Å²) in [5.74, 6) is 0.0968. The number of hydrogen-bond donors (Lipinski definition) is 0. The lowest BCUT2D eigenvalue weighted by molar-refractivity contribution is 0.0601. The molecule has 0 bridgehead atoms. The molecule has 1 aliphatic heterocycles. The van der Waals surface area contributed by atoms with E-state index >= 15 is 0 Å². The number of piperidine rings is 1. The van der Waals surface area contributed by atoms with E-state index in [0.29, 0.717) is 11.5 Å². The minimum Gasteiger partial charge on any atom is -0.465 e. The second-order valence-corrected chi connectivity index (χ2v) is 9.12. The van der Waals surface area contributed by atoms with Gasteiger partial charge in [0, 0.05) is 13.1 Å². The van der Waals surface area contributed by atoms with Crippen molar-refractivity contribution in [2.45, 2.75) is 65.7 Å². The van der Waals surface area contributed by atoms with Gasteiger partial charge < -0.3 is 9.64 Å². The van der Waals surface area contributed by atoms with E-state index in [1.165, 1.54) is 54.2 Å². The molecule has 3 rings (SSSR count). The van der Waals surface area contributed by atoms with Gasteiger partial charge in [-0.25, -0.2) is 4.79 Å². The van der Waals surface area contributed by atoms with Crippen LogP contribution in [0.15, 0.2) is 48.0 Å². The molecule has 2 aromatic rings. The molecule has 31 heavy (non-hydrogen) atoms. The van der Waals surface area contributed by atoms with Crippen molar-refractivity contribution in [3.63, 3.8) is 0 Å². The maximum Gasteiger partial charge on any atom is 0.339 e. The predicted molar refractivity (Wildman–Crippen MR) is 131 cm³/mol. The van der Waals surface area contributed by atoms with Crippen molar-refractivity contribution in [2.75, 3.05) is 25.1 Å². The van der Waals surface area contributed by atoms with E-state index < -0.39 is 0 Å². The Hall–Kier alpha value is -2.55. The monoisotopic (exact) mass is 419 g/mol. The Bertz CT molecular complexity index is 917. The molecule has 0 saturated carbocycles. The van der Waals surface area contributed by atoms with Crippen LogP contribution in [0.2, 0.25) is 0 Å². The van der Waals surface area contributed by atoms with Crippen LogP contribution in [0.4, 0.5) is 5.69 Å². The summed E-state index contributed by atoms with van der Waals surface area (Å²) in [5.41, 5.74) is 7.99. The molecular formula is C28H37NO2. The lowest BCUT2D eigenvalue weighted by Gasteiger charge is -2.31. The Morgan fingerprint density at radius 2 is 1.77 bits per heavy atom. The molecule has 2 aromatic carbocycles. The van der Waals surface area contributed by atoms with Crippen LogP contribution in [-0.2, 0) is 4.74 Å². The van der Waals surface area contributed by atoms with Crippen molar-refractivity contribution in [1.29, 1.82) is 0 Å². The highest BCUT2D eigenvalue weighted by Crippen LogP contribution is 2.38. The Balaban J connectivity index is 2.12. The zero-order valence-corrected chi connectivity index (χ0v) is 19.8. The standard InChI is InChI=1S/C28H37NO2/c1-20(2)10-9-11-22(4)24-18-26(28(30)31-5)27(29-16-7-6-8-17-29)19-25(24)23-14-12-21(3)13-15-23/h10,12-15,18-19,22H,6-9,11,16-17H2,1-5H3/t22-/m0/s1. The molecule has 1 saturated heterocycles. The van der Waals surface area contributed by atoms with Crippen LogP contribution in [0.1, 0.15) is 80.3 Å². The number of esters is 1. The molecule has 1 heterocycles. The number of anilines is 1. The van der Waals surface area contributed by atoms with E-state index in [0.717, 1.165) is 31.6 Å². The smallest absolute Gasteiger partial charge is 0.339 e. The summed E-state index contributed by atoms with van der Waals surface area (Å²) in [6.07, 6.45) is 7.98. The zero-order valence-electron chi connectivity index (χ0n) is 19.8. The maximum absolute atomic E-state index is 12.8. The number of nitrogens with zero attached hydrogens (tertiary/aromatic N) is 1. The van der Waals surface area contributed by atoms with Crippen molar-refractivity contribution in [3.05, 3.63) is 64.7 Å². The molecule has 3 heteroatoms. The summed E-state index contributed by atoms with van der Waals surface area (Å²) in [4.78, 5) is 15.2. The lowest BCUT2D eigenvalue weighted by atomic mass is 9.86. The van der Waals surface area contributed by atoms with Crippen molar-refractivity contribution in [3.8, 4) is 11.1 Å². The summed E-state index contributed by atoms with van der Waals surface area (Å²) < 4.78 is 5.20. The van der Waals surface area contributed by atoms with E-state index in [1.807, 2.05) is 0 Å². The second-order valence-electron chi connectivity index (χ2n) is 9.12. The SMILES string of the molecule is COC(=O)c1cc([C@@H](C)CCC=C(C)C)c(-c2ccc(C)cc2)cc1N1CCCCC1. The van der Waals surface area contributed by atoms with Crippen molar-refractivity contribution >= 4 is 11.7 Å². The van der Waals surface area contributed by atoms with Gasteiger partial charge in [0.1, 0.15) is 0 Å². The molecule has 1 aliphatic rings. The molecule has 0 unspecified atom stereocenters. The van der Waals surface area contributed by atoms with Crippen LogP contribution < -0.4 is 4.90 Å². The highest BCUT2D eigenvalue weighted by molar-refractivity contribution is 5.98. The first-order valence-corrected chi connectivity index (χ1v) is 11.6. The summed E-state index contributed by atoms with van der Waals surface area (Å²) >= 11 is 0. The molecule has 166 valence electrons. The third kappa shape index (κ3) is 5.78. The Labute approximate surface area is 188 Å². The van der Waals surface area contributed by atoms with Crippen LogP contribution >= 0.6 is 0 Å². The normalized spacial score (nSPS) is 14.8. The number of rotatable bonds is 7. The molecule has 0 aliphatic carbocycles. The molecular weight excluding hydrogens is 382 g/mol. The highest BCUT2D eigenvalue weighted by atomic mass is 16.5. The molecule has 1 fully saturated rings. The van der Waals surface area contributed by atoms with Gasteiger partial charge in [0.15, 0.2) is 0 Å². The number of benzene rings is 2. The molecule has 1 atom stereocenters. The van der Waals surface area contributed by atoms with Gasteiger partial charge in [0.25, 0.3) is 0 Å². The van der Waals surface area contributed by atoms with Gasteiger partial charge in [-0.2, -0.15) is 0 Å². The largest absolute Gasteiger partial charge is 0.465 e. The maximum atomic E-state index is 12.8. The first-order chi connectivity index (χ1) is 14.9. The molecule has 0 N–H and O–H groups in total. The highest BCUT2D eigenvalue weighted by Gasteiger charge is 2.24. The van der Waals surface area contributed by atoms with Crippen LogP contribution in [0.5, 0.6) is 0 Å². The van der Waals surface area contributed by atoms with E-state index in [2.05, 4.69) is 75.1 Å². The summed E-state index contributed by atoms with van der Waals surface area (Å²) in [6, 6.07) is 13.1. The molecule has 0 aromatic heterocycles. The summed E-state index contributed by atoms with van der Waals surface area (Å²) in [6.45, 7) is 10.7. The van der Waals surface area contributed by atoms with E-state index in [9.17, 15) is 4.79 Å². The fraction of sp³-hybridized carbons (Fsp3) is 0.464. The number of allylic oxidation sites excluding steroid dienone is 2. The van der Waals surface area contributed by atoms with Gasteiger partial charge in [-0.1, -0.05) is 48.4 Å². The number of methoxy groups -OCH3 is 1. The Morgan fingerprint density at radius 1 is 1.10 bits per heavy atom. The second kappa shape index (κ2) is 10.7. The first-order valence-electron chi connectivity index (χ1n) is 11.6. The van der Waals surface area contributed by atoms with Gasteiger partial charge in [0.2, 0.25) is 0 Å². The van der Waals surface area contributed by atoms with Gasteiger partial charge >= 0.3 is 5.97 Å². The number of carbonyl (C=O) groups is 1. The van der Waals surface area contributed by atoms with Crippen molar-refractivity contribution in [2.24, 2.45) is 0 Å². The quantitative estimate of drug-likeness (QED) is 0.348. The lowest BCUT2D eigenvalue weighted by Crippen LogP contribution is -2.31. The third-order valence-electron chi connectivity index (χ3n) is 6.32. The van der Waals surface area contributed by atoms with Gasteiger partial charge in [-0.05, 0) is 87.6 Å². The van der Waals surface area contributed by atoms with Crippen LogP contribution in [0, 0.1) is 6.92 Å². The van der Waals surface area contributed by atoms with Crippen LogP contribution in [0.3, 0.4) is 0 Å². The Morgan fingerprint density at radius 3 is 2.39 bits per heavy atom. The molecule has 3 nitrogen and oxygen atoms in total. The summed E-state index contributed by atoms with van der Waals surface area (Å²) in [7, 11) is 1.48. The fourth-order valence-corrected chi connectivity index (χ4v) is 4.44. The zero-order chi connectivity index (χ0) is 22.4. The van der Waals surface area contributed by atoms with Crippen molar-refractivity contribution in [1.82, 2.24) is 0 Å². The average Bonchev–Trinajstić information content (AvgIpc) is 2.78. The van der Waals surface area contributed by atoms with E-state index in [-0.39, 0.29) is 5.97 Å². The van der Waals surface area contributed by atoms with Gasteiger partial charge in [-0.15, -0.1) is 0 Å². The van der Waals surface area contributed by atoms with Crippen molar-refractivity contribution < 1.29 is 9.53 Å². The van der Waals surface area contributed by atoms with E-state index in [4.69, 9.17) is 4.74 Å². The predicted octanol–water partition coefficient (Wildman–Crippen LogP) is 7.29. The van der Waals surface area contributed by atoms with E-state index in [1.54, 1.807) is 0 Å². The fourth-order valence-electron chi connectivity index (χ4n) is 4.44. The van der Waals surface area contributed by atoms with Gasteiger partial charge in [-0.3, -0.25) is 0 Å².